The van der Waals surface area contributed by atoms with E-state index in [4.69, 9.17) is 0 Å². The number of hydrogen-bond acceptors (Lipinski definition) is 6. The normalized spacial score (nSPS) is 11.2. The van der Waals surface area contributed by atoms with E-state index in [2.05, 4.69) is 20.0 Å². The number of benzene rings is 1. The van der Waals surface area contributed by atoms with Crippen molar-refractivity contribution >= 4 is 27.4 Å². The highest BCUT2D eigenvalue weighted by Crippen LogP contribution is 2.16. The molecule has 1 aromatic carbocycles. The van der Waals surface area contributed by atoms with Crippen LogP contribution in [-0.2, 0) is 14.9 Å². The number of carbonyl (C=O) groups excluding carboxylic acids is 1. The number of carbonyl (C=O) groups is 1. The molecule has 1 amide bonds. The lowest BCUT2D eigenvalue weighted by molar-refractivity contribution is 0.102. The van der Waals surface area contributed by atoms with Gasteiger partial charge in [-0.3, -0.25) is 9.63 Å². The second-order valence-electron chi connectivity index (χ2n) is 5.35. The van der Waals surface area contributed by atoms with Crippen LogP contribution in [0.3, 0.4) is 0 Å². The highest BCUT2D eigenvalue weighted by Gasteiger charge is 2.14. The molecule has 0 fully saturated rings. The maximum atomic E-state index is 12.3. The smallest absolute Gasteiger partial charge is 0.262 e. The summed E-state index contributed by atoms with van der Waals surface area (Å²) in [6.07, 6.45) is 1.59. The Morgan fingerprint density at radius 1 is 1.12 bits per heavy atom. The van der Waals surface area contributed by atoms with Crippen LogP contribution in [0.25, 0.3) is 0 Å². The predicted molar refractivity (Wildman–Crippen MR) is 99.5 cm³/mol. The highest BCUT2D eigenvalue weighted by atomic mass is 32.2. The number of nitrogens with zero attached hydrogens (tertiary/aromatic N) is 2. The van der Waals surface area contributed by atoms with Crippen LogP contribution in [-0.4, -0.2) is 39.5 Å². The van der Waals surface area contributed by atoms with Crippen molar-refractivity contribution in [1.82, 2.24) is 9.87 Å². The summed E-state index contributed by atoms with van der Waals surface area (Å²) in [6.45, 7) is 5.80. The van der Waals surface area contributed by atoms with Crippen molar-refractivity contribution in [3.05, 3.63) is 48.2 Å². The Morgan fingerprint density at radius 2 is 1.77 bits per heavy atom. The summed E-state index contributed by atoms with van der Waals surface area (Å²) >= 11 is 0. The first kappa shape index (κ1) is 19.8. The van der Waals surface area contributed by atoms with Gasteiger partial charge < -0.3 is 10.2 Å². The molecule has 0 aliphatic carbocycles. The number of pyridine rings is 1. The van der Waals surface area contributed by atoms with Gasteiger partial charge in [-0.15, -0.1) is 0 Å². The molecule has 0 bridgehead atoms. The van der Waals surface area contributed by atoms with Gasteiger partial charge in [0.15, 0.2) is 0 Å². The van der Waals surface area contributed by atoms with Crippen LogP contribution in [0.5, 0.6) is 0 Å². The molecule has 26 heavy (non-hydrogen) atoms. The van der Waals surface area contributed by atoms with Gasteiger partial charge in [0.05, 0.1) is 23.9 Å². The van der Waals surface area contributed by atoms with Gasteiger partial charge in [0, 0.05) is 18.7 Å². The Morgan fingerprint density at radius 3 is 2.27 bits per heavy atom. The van der Waals surface area contributed by atoms with Gasteiger partial charge in [0.2, 0.25) is 0 Å². The quantitative estimate of drug-likeness (QED) is 0.682. The molecule has 0 saturated heterocycles. The molecular formula is C17H22N4O4S. The Balaban J connectivity index is 2.08. The summed E-state index contributed by atoms with van der Waals surface area (Å²) in [7, 11) is -2.54. The first-order valence-electron chi connectivity index (χ1n) is 8.08. The van der Waals surface area contributed by atoms with Gasteiger partial charge in [-0.05, 0) is 50.2 Å². The third-order valence-electron chi connectivity index (χ3n) is 3.71. The van der Waals surface area contributed by atoms with Crippen molar-refractivity contribution < 1.29 is 18.0 Å². The Hall–Kier alpha value is -2.49. The zero-order valence-electron chi connectivity index (χ0n) is 14.9. The van der Waals surface area contributed by atoms with Crippen molar-refractivity contribution in [2.24, 2.45) is 0 Å². The molecule has 2 aromatic rings. The largest absolute Gasteiger partial charge is 0.357 e. The predicted octanol–water partition coefficient (Wildman–Crippen LogP) is 2.02. The maximum absolute atomic E-state index is 12.3. The topological polar surface area (TPSA) is 101 Å². The van der Waals surface area contributed by atoms with Gasteiger partial charge in [-0.2, -0.15) is 0 Å². The minimum Gasteiger partial charge on any atom is -0.357 e. The molecule has 1 aromatic heterocycles. The second kappa shape index (κ2) is 8.75. The van der Waals surface area contributed by atoms with E-state index >= 15 is 0 Å². The fourth-order valence-electron chi connectivity index (χ4n) is 2.34. The molecule has 0 saturated carbocycles. The third kappa shape index (κ3) is 4.78. The molecule has 9 heteroatoms. The zero-order valence-corrected chi connectivity index (χ0v) is 15.7. The van der Waals surface area contributed by atoms with Crippen LogP contribution in [0.4, 0.5) is 11.5 Å². The summed E-state index contributed by atoms with van der Waals surface area (Å²) < 4.78 is 23.6. The first-order chi connectivity index (χ1) is 12.4. The van der Waals surface area contributed by atoms with Crippen LogP contribution in [0.2, 0.25) is 0 Å². The Labute approximate surface area is 153 Å². The summed E-state index contributed by atoms with van der Waals surface area (Å²) in [4.78, 5) is 25.1. The van der Waals surface area contributed by atoms with Gasteiger partial charge in [-0.25, -0.2) is 13.4 Å². The number of hydrogen-bond donors (Lipinski definition) is 2. The maximum Gasteiger partial charge on any atom is 0.262 e. The van der Waals surface area contributed by atoms with E-state index in [0.29, 0.717) is 11.3 Å². The van der Waals surface area contributed by atoms with Gasteiger partial charge in [0.25, 0.3) is 15.9 Å². The van der Waals surface area contributed by atoms with Gasteiger partial charge in [-0.1, -0.05) is 4.89 Å². The number of nitrogens with one attached hydrogen (secondary N) is 2. The van der Waals surface area contributed by atoms with E-state index in [1.54, 1.807) is 12.3 Å². The van der Waals surface area contributed by atoms with Crippen LogP contribution in [0.15, 0.2) is 47.5 Å². The summed E-state index contributed by atoms with van der Waals surface area (Å²) in [6, 6.07) is 9.14. The lowest BCUT2D eigenvalue weighted by Crippen LogP contribution is -2.23. The van der Waals surface area contributed by atoms with Gasteiger partial charge >= 0.3 is 0 Å². The second-order valence-corrected chi connectivity index (χ2v) is 6.99. The molecule has 0 unspecified atom stereocenters. The SMILES string of the molecule is CCN(CC)c1ccc(NC(=O)c2ccc(S(=O)(=O)NOC)cc2)cn1. The Bertz CT molecular complexity index is 832. The molecule has 2 rings (SSSR count). The number of amides is 1. The van der Waals surface area contributed by atoms with Crippen LogP contribution >= 0.6 is 0 Å². The van der Waals surface area contributed by atoms with Crippen molar-refractivity contribution in [3.8, 4) is 0 Å². The molecule has 140 valence electrons. The molecule has 0 spiro atoms. The zero-order chi connectivity index (χ0) is 19.2. The molecule has 0 aliphatic heterocycles. The molecule has 2 N–H and O–H groups in total. The van der Waals surface area contributed by atoms with Crippen molar-refractivity contribution in [1.29, 1.82) is 0 Å². The van der Waals surface area contributed by atoms with Crippen LogP contribution < -0.4 is 15.1 Å². The summed E-state index contributed by atoms with van der Waals surface area (Å²) in [5, 5.41) is 2.73. The standard InChI is InChI=1S/C17H22N4O4S/c1-4-21(5-2)16-11-8-14(12-18-16)19-17(22)13-6-9-15(10-7-13)26(23,24)20-25-3/h6-12,20H,4-5H2,1-3H3,(H,19,22). The van der Waals surface area contributed by atoms with Gasteiger partial charge in [0.1, 0.15) is 5.82 Å². The van der Waals surface area contributed by atoms with E-state index in [-0.39, 0.29) is 10.8 Å². The Kier molecular flexibility index (Phi) is 6.67. The monoisotopic (exact) mass is 378 g/mol. The molecule has 8 nitrogen and oxygen atoms in total. The number of aromatic nitrogens is 1. The van der Waals surface area contributed by atoms with E-state index < -0.39 is 10.0 Å². The number of rotatable bonds is 8. The van der Waals surface area contributed by atoms with Crippen molar-refractivity contribution in [3.63, 3.8) is 0 Å². The summed E-state index contributed by atoms with van der Waals surface area (Å²) in [5.41, 5.74) is 0.887. The molecular weight excluding hydrogens is 356 g/mol. The summed E-state index contributed by atoms with van der Waals surface area (Å²) in [5.74, 6) is 0.485. The number of anilines is 2. The minimum absolute atomic E-state index is 0.00106. The lowest BCUT2D eigenvalue weighted by atomic mass is 10.2. The van der Waals surface area contributed by atoms with Crippen molar-refractivity contribution in [2.75, 3.05) is 30.4 Å². The lowest BCUT2D eigenvalue weighted by Gasteiger charge is -2.19. The third-order valence-corrected chi connectivity index (χ3v) is 4.99. The average molecular weight is 378 g/mol. The number of sulfonamides is 1. The average Bonchev–Trinajstić information content (AvgIpc) is 2.64. The van der Waals surface area contributed by atoms with E-state index in [1.165, 1.54) is 31.4 Å². The van der Waals surface area contributed by atoms with Crippen molar-refractivity contribution in [2.45, 2.75) is 18.7 Å². The fourth-order valence-corrected chi connectivity index (χ4v) is 3.15. The van der Waals surface area contributed by atoms with E-state index in [0.717, 1.165) is 18.9 Å². The van der Waals surface area contributed by atoms with E-state index in [1.807, 2.05) is 24.8 Å². The fraction of sp³-hybridized carbons (Fsp3) is 0.294. The molecule has 1 heterocycles. The first-order valence-corrected chi connectivity index (χ1v) is 9.56. The minimum atomic E-state index is -3.75. The highest BCUT2D eigenvalue weighted by molar-refractivity contribution is 7.89. The molecule has 0 aliphatic rings. The van der Waals surface area contributed by atoms with Crippen LogP contribution in [0, 0.1) is 0 Å². The molecule has 0 radical (unpaired) electrons. The van der Waals surface area contributed by atoms with E-state index in [9.17, 15) is 13.2 Å². The van der Waals surface area contributed by atoms with Crippen LogP contribution in [0.1, 0.15) is 24.2 Å². The molecule has 0 atom stereocenters.